The van der Waals surface area contributed by atoms with Gasteiger partial charge in [0.05, 0.1) is 18.6 Å². The highest BCUT2D eigenvalue weighted by molar-refractivity contribution is 6.53. The number of rotatable bonds is 5. The Balaban J connectivity index is 1.69. The van der Waals surface area contributed by atoms with Crippen LogP contribution in [0.4, 0.5) is 0 Å². The Morgan fingerprint density at radius 1 is 1.42 bits per heavy atom. The Hall–Kier alpha value is -0.0300. The van der Waals surface area contributed by atoms with Gasteiger partial charge in [-0.2, -0.15) is 0 Å². The minimum Gasteiger partial charge on any atom is -0.379 e. The summed E-state index contributed by atoms with van der Waals surface area (Å²) >= 11 is 12.0. The highest BCUT2D eigenvalue weighted by Gasteiger charge is 2.67. The predicted molar refractivity (Wildman–Crippen MR) is 76.6 cm³/mol. The molecule has 19 heavy (non-hydrogen) atoms. The summed E-state index contributed by atoms with van der Waals surface area (Å²) in [5.41, 5.74) is -0.616. The van der Waals surface area contributed by atoms with Crippen LogP contribution in [0.25, 0.3) is 0 Å². The van der Waals surface area contributed by atoms with Crippen LogP contribution >= 0.6 is 23.2 Å². The molecule has 1 amide bonds. The first-order valence-corrected chi connectivity index (χ1v) is 7.57. The number of nitrogens with one attached hydrogen (secondary N) is 1. The van der Waals surface area contributed by atoms with Crippen LogP contribution in [-0.4, -0.2) is 54.5 Å². The van der Waals surface area contributed by atoms with Crippen LogP contribution < -0.4 is 5.32 Å². The average Bonchev–Trinajstić information content (AvgIpc) is 2.88. The van der Waals surface area contributed by atoms with Crippen molar-refractivity contribution in [1.82, 2.24) is 10.2 Å². The molecule has 1 saturated carbocycles. The van der Waals surface area contributed by atoms with E-state index in [0.29, 0.717) is 18.9 Å². The normalized spacial score (nSPS) is 31.8. The first kappa shape index (κ1) is 15.4. The number of carbonyl (C=O) groups is 1. The van der Waals surface area contributed by atoms with Crippen LogP contribution in [0, 0.1) is 11.3 Å². The summed E-state index contributed by atoms with van der Waals surface area (Å²) in [4.78, 5) is 14.4. The Morgan fingerprint density at radius 2 is 2.00 bits per heavy atom. The molecule has 1 N–H and O–H groups in total. The molecule has 6 heteroatoms. The summed E-state index contributed by atoms with van der Waals surface area (Å²) in [6.07, 6.45) is 0.535. The van der Waals surface area contributed by atoms with Gasteiger partial charge in [-0.1, -0.05) is 6.92 Å². The van der Waals surface area contributed by atoms with Crippen molar-refractivity contribution in [2.45, 2.75) is 24.6 Å². The fraction of sp³-hybridized carbons (Fsp3) is 0.923. The predicted octanol–water partition coefficient (Wildman–Crippen LogP) is 1.65. The number of nitrogens with zero attached hydrogens (tertiary/aromatic N) is 1. The largest absolute Gasteiger partial charge is 0.379 e. The number of halogens is 2. The zero-order valence-corrected chi connectivity index (χ0v) is 13.1. The van der Waals surface area contributed by atoms with Crippen molar-refractivity contribution in [3.05, 3.63) is 0 Å². The number of carbonyl (C=O) groups excluding carboxylic acids is 1. The molecule has 1 aliphatic carbocycles. The smallest absolute Gasteiger partial charge is 0.229 e. The van der Waals surface area contributed by atoms with Crippen LogP contribution in [0.5, 0.6) is 0 Å². The molecule has 4 nitrogen and oxygen atoms in total. The zero-order chi connectivity index (χ0) is 14.1. The van der Waals surface area contributed by atoms with Crippen LogP contribution in [-0.2, 0) is 9.53 Å². The molecule has 2 fully saturated rings. The second-order valence-corrected chi connectivity index (χ2v) is 7.43. The Labute approximate surface area is 124 Å². The van der Waals surface area contributed by atoms with Gasteiger partial charge in [0.1, 0.15) is 4.33 Å². The van der Waals surface area contributed by atoms with Crippen molar-refractivity contribution in [1.29, 1.82) is 0 Å². The van der Waals surface area contributed by atoms with Crippen molar-refractivity contribution in [3.63, 3.8) is 0 Å². The minimum absolute atomic E-state index is 0.0358. The Bertz CT molecular complexity index is 346. The lowest BCUT2D eigenvalue weighted by Gasteiger charge is -2.29. The van der Waals surface area contributed by atoms with Gasteiger partial charge in [-0.05, 0) is 19.3 Å². The molecule has 1 saturated heterocycles. The van der Waals surface area contributed by atoms with Crippen molar-refractivity contribution in [2.75, 3.05) is 39.4 Å². The third-order valence-electron chi connectivity index (χ3n) is 4.04. The molecule has 0 aromatic heterocycles. The van der Waals surface area contributed by atoms with E-state index >= 15 is 0 Å². The summed E-state index contributed by atoms with van der Waals surface area (Å²) in [5, 5.41) is 2.96. The Kier molecular flexibility index (Phi) is 4.66. The summed E-state index contributed by atoms with van der Waals surface area (Å²) in [6, 6.07) is 0. The van der Waals surface area contributed by atoms with Gasteiger partial charge in [-0.15, -0.1) is 23.2 Å². The van der Waals surface area contributed by atoms with Crippen molar-refractivity contribution >= 4 is 29.1 Å². The molecule has 0 aromatic carbocycles. The number of hydrogen-bond donors (Lipinski definition) is 1. The molecule has 2 unspecified atom stereocenters. The second kappa shape index (κ2) is 5.76. The topological polar surface area (TPSA) is 41.6 Å². The number of morpholine rings is 1. The van der Waals surface area contributed by atoms with Gasteiger partial charge >= 0.3 is 0 Å². The molecule has 110 valence electrons. The van der Waals surface area contributed by atoms with Gasteiger partial charge in [-0.25, -0.2) is 0 Å². The van der Waals surface area contributed by atoms with Gasteiger partial charge in [0, 0.05) is 26.2 Å². The van der Waals surface area contributed by atoms with E-state index in [1.807, 2.05) is 6.92 Å². The number of alkyl halides is 2. The van der Waals surface area contributed by atoms with E-state index in [4.69, 9.17) is 27.9 Å². The zero-order valence-electron chi connectivity index (χ0n) is 11.5. The SMILES string of the molecule is CC(CNC(=O)C1(C)CC1(Cl)Cl)CN1CCOCC1. The molecule has 0 aromatic rings. The molecule has 0 spiro atoms. The van der Waals surface area contributed by atoms with E-state index in [9.17, 15) is 4.79 Å². The summed E-state index contributed by atoms with van der Waals surface area (Å²) in [6.45, 7) is 9.15. The van der Waals surface area contributed by atoms with E-state index < -0.39 is 9.75 Å². The summed E-state index contributed by atoms with van der Waals surface area (Å²) < 4.78 is 4.43. The van der Waals surface area contributed by atoms with Gasteiger partial charge < -0.3 is 10.1 Å². The third kappa shape index (κ3) is 3.54. The van der Waals surface area contributed by atoms with Gasteiger partial charge in [-0.3, -0.25) is 9.69 Å². The molecule has 0 bridgehead atoms. The van der Waals surface area contributed by atoms with Crippen LogP contribution in [0.1, 0.15) is 20.3 Å². The quantitative estimate of drug-likeness (QED) is 0.785. The fourth-order valence-electron chi connectivity index (χ4n) is 2.40. The first-order chi connectivity index (χ1) is 8.85. The van der Waals surface area contributed by atoms with Gasteiger partial charge in [0.2, 0.25) is 5.91 Å². The van der Waals surface area contributed by atoms with E-state index in [-0.39, 0.29) is 5.91 Å². The summed E-state index contributed by atoms with van der Waals surface area (Å²) in [5.74, 6) is 0.371. The lowest BCUT2D eigenvalue weighted by Crippen LogP contribution is -2.42. The van der Waals surface area contributed by atoms with E-state index in [2.05, 4.69) is 17.1 Å². The monoisotopic (exact) mass is 308 g/mol. The maximum Gasteiger partial charge on any atom is 0.229 e. The standard InChI is InChI=1S/C13H22Cl2N2O2/c1-10(8-17-3-5-19-6-4-17)7-16-11(18)12(2)9-13(12,14)15/h10H,3-9H2,1-2H3,(H,16,18). The molecule has 1 aliphatic heterocycles. The lowest BCUT2D eigenvalue weighted by atomic mass is 10.1. The molecule has 0 radical (unpaired) electrons. The van der Waals surface area contributed by atoms with Crippen molar-refractivity contribution < 1.29 is 9.53 Å². The van der Waals surface area contributed by atoms with E-state index in [1.54, 1.807) is 0 Å². The van der Waals surface area contributed by atoms with E-state index in [1.165, 1.54) is 0 Å². The van der Waals surface area contributed by atoms with Crippen molar-refractivity contribution in [3.8, 4) is 0 Å². The second-order valence-electron chi connectivity index (χ2n) is 5.94. The Morgan fingerprint density at radius 3 is 2.53 bits per heavy atom. The highest BCUT2D eigenvalue weighted by atomic mass is 35.5. The molecule has 1 heterocycles. The molecular weight excluding hydrogens is 287 g/mol. The minimum atomic E-state index is -0.884. The average molecular weight is 309 g/mol. The molecule has 2 aliphatic rings. The maximum absolute atomic E-state index is 12.0. The van der Waals surface area contributed by atoms with Gasteiger partial charge in [0.15, 0.2) is 0 Å². The molecular formula is C13H22Cl2N2O2. The third-order valence-corrected chi connectivity index (χ3v) is 5.15. The molecule has 2 atom stereocenters. The van der Waals surface area contributed by atoms with Crippen LogP contribution in [0.3, 0.4) is 0 Å². The van der Waals surface area contributed by atoms with Gasteiger partial charge in [0.25, 0.3) is 0 Å². The number of ether oxygens (including phenoxy) is 1. The maximum atomic E-state index is 12.0. The van der Waals surface area contributed by atoms with E-state index in [0.717, 1.165) is 32.8 Å². The van der Waals surface area contributed by atoms with Crippen LogP contribution in [0.2, 0.25) is 0 Å². The van der Waals surface area contributed by atoms with Crippen LogP contribution in [0.15, 0.2) is 0 Å². The number of hydrogen-bond acceptors (Lipinski definition) is 3. The fourth-order valence-corrected chi connectivity index (χ4v) is 3.10. The molecule has 2 rings (SSSR count). The van der Waals surface area contributed by atoms with Crippen molar-refractivity contribution in [2.24, 2.45) is 11.3 Å². The lowest BCUT2D eigenvalue weighted by molar-refractivity contribution is -0.126. The number of amides is 1. The first-order valence-electron chi connectivity index (χ1n) is 6.81. The highest BCUT2D eigenvalue weighted by Crippen LogP contribution is 2.63. The summed E-state index contributed by atoms with van der Waals surface area (Å²) in [7, 11) is 0.